The minimum Gasteiger partial charge on any atom is -0.506 e. The summed E-state index contributed by atoms with van der Waals surface area (Å²) in [5.41, 5.74) is 0. The Kier molecular flexibility index (Phi) is 4.74. The van der Waals surface area contributed by atoms with Gasteiger partial charge in [-0.05, 0) is 12.1 Å². The standard InChI is InChI=1S/C6H4Cl2O.Na/c7-4-2-1-3-5(9)6(4)8;/h1-3,9H;. The smallest absolute Gasteiger partial charge is 0.135 e. The minimum absolute atomic E-state index is 0. The number of hydrogen-bond donors (Lipinski definition) is 1. The normalized spacial score (nSPS) is 8.60. The van der Waals surface area contributed by atoms with E-state index < -0.39 is 0 Å². The predicted octanol–water partition coefficient (Wildman–Crippen LogP) is 2.32. The van der Waals surface area contributed by atoms with Crippen molar-refractivity contribution in [3.8, 4) is 5.75 Å². The summed E-state index contributed by atoms with van der Waals surface area (Å²) in [5.74, 6) is 0.0177. The molecule has 0 atom stereocenters. The van der Waals surface area contributed by atoms with Crippen molar-refractivity contribution in [3.05, 3.63) is 28.2 Å². The molecule has 0 heterocycles. The third-order valence-corrected chi connectivity index (χ3v) is 1.74. The van der Waals surface area contributed by atoms with Crippen LogP contribution >= 0.6 is 23.2 Å². The van der Waals surface area contributed by atoms with Gasteiger partial charge in [0.25, 0.3) is 0 Å². The average Bonchev–Trinajstić information content (AvgIpc) is 1.83. The zero-order valence-corrected chi connectivity index (χ0v) is 8.95. The van der Waals surface area contributed by atoms with Crippen LogP contribution < -0.4 is 0 Å². The largest absolute Gasteiger partial charge is 0.506 e. The number of benzene rings is 1. The van der Waals surface area contributed by atoms with E-state index >= 15 is 0 Å². The Morgan fingerprint density at radius 3 is 2.20 bits per heavy atom. The Morgan fingerprint density at radius 2 is 1.80 bits per heavy atom. The second-order valence-electron chi connectivity index (χ2n) is 1.57. The fourth-order valence-electron chi connectivity index (χ4n) is 0.492. The Hall–Kier alpha value is 0.600. The first-order valence-electron chi connectivity index (χ1n) is 2.35. The van der Waals surface area contributed by atoms with E-state index in [4.69, 9.17) is 28.3 Å². The first-order valence-corrected chi connectivity index (χ1v) is 3.10. The molecule has 0 aliphatic heterocycles. The van der Waals surface area contributed by atoms with Crippen molar-refractivity contribution in [2.45, 2.75) is 0 Å². The van der Waals surface area contributed by atoms with Gasteiger partial charge in [0.05, 0.1) is 5.02 Å². The monoisotopic (exact) mass is 185 g/mol. The van der Waals surface area contributed by atoms with Crippen molar-refractivity contribution in [1.29, 1.82) is 0 Å². The number of hydrogen-bond acceptors (Lipinski definition) is 1. The van der Waals surface area contributed by atoms with Crippen LogP contribution in [0.4, 0.5) is 0 Å². The van der Waals surface area contributed by atoms with Crippen LogP contribution in [0.15, 0.2) is 18.2 Å². The van der Waals surface area contributed by atoms with Crippen LogP contribution in [0.1, 0.15) is 0 Å². The number of phenols is 1. The first kappa shape index (κ1) is 10.6. The van der Waals surface area contributed by atoms with E-state index in [9.17, 15) is 0 Å². The van der Waals surface area contributed by atoms with Crippen LogP contribution in [0.2, 0.25) is 10.0 Å². The van der Waals surface area contributed by atoms with Crippen LogP contribution in [-0.4, -0.2) is 34.7 Å². The van der Waals surface area contributed by atoms with E-state index in [2.05, 4.69) is 0 Å². The molecule has 1 N–H and O–H groups in total. The summed E-state index contributed by atoms with van der Waals surface area (Å²) in [6.07, 6.45) is 0. The fourth-order valence-corrected chi connectivity index (χ4v) is 0.788. The van der Waals surface area contributed by atoms with Gasteiger partial charge in [0.15, 0.2) is 0 Å². The third kappa shape index (κ3) is 2.33. The Bertz CT molecular complexity index is 207. The van der Waals surface area contributed by atoms with Gasteiger partial charge in [-0.15, -0.1) is 0 Å². The van der Waals surface area contributed by atoms with Crippen LogP contribution in [-0.2, 0) is 0 Å². The Balaban J connectivity index is 0.000000810. The summed E-state index contributed by atoms with van der Waals surface area (Å²) in [5, 5.41) is 9.46. The quantitative estimate of drug-likeness (QED) is 0.616. The van der Waals surface area contributed by atoms with E-state index in [-0.39, 0.29) is 40.3 Å². The topological polar surface area (TPSA) is 20.2 Å². The third-order valence-electron chi connectivity index (χ3n) is 0.931. The van der Waals surface area contributed by atoms with Gasteiger partial charge in [-0.1, -0.05) is 29.3 Å². The summed E-state index contributed by atoms with van der Waals surface area (Å²) in [6.45, 7) is 0. The van der Waals surface area contributed by atoms with Gasteiger partial charge >= 0.3 is 0 Å². The van der Waals surface area contributed by atoms with Crippen LogP contribution in [0.5, 0.6) is 5.75 Å². The summed E-state index contributed by atoms with van der Waals surface area (Å²) < 4.78 is 0. The van der Waals surface area contributed by atoms with E-state index in [1.54, 1.807) is 12.1 Å². The fraction of sp³-hybridized carbons (Fsp3) is 0. The summed E-state index contributed by atoms with van der Waals surface area (Å²) in [4.78, 5) is 0. The molecule has 1 rings (SSSR count). The van der Waals surface area contributed by atoms with Gasteiger partial charge < -0.3 is 5.11 Å². The maximum Gasteiger partial charge on any atom is 0.135 e. The van der Waals surface area contributed by atoms with Crippen LogP contribution in [0.25, 0.3) is 0 Å². The first-order chi connectivity index (χ1) is 4.22. The second kappa shape index (κ2) is 4.47. The number of aromatic hydroxyl groups is 1. The molecule has 0 amide bonds. The van der Waals surface area contributed by atoms with Crippen molar-refractivity contribution in [1.82, 2.24) is 0 Å². The number of phenolic OH excluding ortho intramolecular Hbond substituents is 1. The molecule has 0 bridgehead atoms. The molecule has 0 unspecified atom stereocenters. The molecule has 0 saturated heterocycles. The second-order valence-corrected chi connectivity index (χ2v) is 2.36. The maximum atomic E-state index is 8.88. The van der Waals surface area contributed by atoms with E-state index in [0.29, 0.717) is 5.02 Å². The molecule has 4 heteroatoms. The molecule has 0 saturated carbocycles. The molecule has 0 aliphatic carbocycles. The minimum atomic E-state index is 0. The molecule has 1 aromatic rings. The van der Waals surface area contributed by atoms with Crippen molar-refractivity contribution in [2.75, 3.05) is 0 Å². The summed E-state index contributed by atoms with van der Waals surface area (Å²) in [6, 6.07) is 4.72. The maximum absolute atomic E-state index is 8.88. The molecule has 49 valence electrons. The zero-order chi connectivity index (χ0) is 6.85. The van der Waals surface area contributed by atoms with Gasteiger partial charge in [-0.25, -0.2) is 0 Å². The number of halogens is 2. The molecular formula is C6H4Cl2NaO. The molecule has 0 fully saturated rings. The van der Waals surface area contributed by atoms with Gasteiger partial charge in [0.1, 0.15) is 10.8 Å². The molecule has 10 heavy (non-hydrogen) atoms. The van der Waals surface area contributed by atoms with Crippen LogP contribution in [0, 0.1) is 0 Å². The van der Waals surface area contributed by atoms with Gasteiger partial charge in [-0.3, -0.25) is 0 Å². The van der Waals surface area contributed by atoms with Crippen molar-refractivity contribution in [3.63, 3.8) is 0 Å². The Morgan fingerprint density at radius 1 is 1.20 bits per heavy atom. The van der Waals surface area contributed by atoms with Crippen molar-refractivity contribution >= 4 is 52.8 Å². The van der Waals surface area contributed by atoms with E-state index in [1.807, 2.05) is 0 Å². The van der Waals surface area contributed by atoms with Crippen LogP contribution in [0.3, 0.4) is 0 Å². The summed E-state index contributed by atoms with van der Waals surface area (Å²) >= 11 is 11.0. The van der Waals surface area contributed by atoms with E-state index in [0.717, 1.165) is 0 Å². The molecule has 0 aliphatic rings. The predicted molar refractivity (Wildman–Crippen MR) is 43.9 cm³/mol. The number of rotatable bonds is 0. The van der Waals surface area contributed by atoms with Crippen molar-refractivity contribution < 1.29 is 5.11 Å². The summed E-state index contributed by atoms with van der Waals surface area (Å²) in [7, 11) is 0. The molecular weight excluding hydrogens is 182 g/mol. The Labute approximate surface area is 91.2 Å². The van der Waals surface area contributed by atoms with Gasteiger partial charge in [-0.2, -0.15) is 0 Å². The molecule has 0 aromatic heterocycles. The zero-order valence-electron chi connectivity index (χ0n) is 5.44. The van der Waals surface area contributed by atoms with Gasteiger partial charge in [0, 0.05) is 29.6 Å². The van der Waals surface area contributed by atoms with E-state index in [1.165, 1.54) is 6.07 Å². The van der Waals surface area contributed by atoms with Crippen molar-refractivity contribution in [2.24, 2.45) is 0 Å². The molecule has 1 nitrogen and oxygen atoms in total. The molecule has 1 radical (unpaired) electrons. The van der Waals surface area contributed by atoms with Gasteiger partial charge in [0.2, 0.25) is 0 Å². The molecule has 0 spiro atoms. The average molecular weight is 186 g/mol. The molecule has 1 aromatic carbocycles. The SMILES string of the molecule is Oc1cccc(Cl)c1Cl.[Na].